The molecule has 0 amide bonds. The molecule has 0 bridgehead atoms. The van der Waals surface area contributed by atoms with Crippen LogP contribution in [-0.4, -0.2) is 23.8 Å². The lowest BCUT2D eigenvalue weighted by Gasteiger charge is -2.59. The van der Waals surface area contributed by atoms with Crippen LogP contribution in [0.3, 0.4) is 0 Å². The summed E-state index contributed by atoms with van der Waals surface area (Å²) in [4.78, 5) is 11.9. The van der Waals surface area contributed by atoms with Gasteiger partial charge in [0.1, 0.15) is 0 Å². The largest absolute Gasteiger partial charge is 0.462 e. The molecule has 3 saturated carbocycles. The molecule has 5 rings (SSSR count). The first-order chi connectivity index (χ1) is 12.8. The topological polar surface area (TPSA) is 46.5 Å². The number of allylic oxidation sites excluding steroid dienone is 2. The number of esters is 1. The number of carbonyl (C=O) groups is 1. The average molecular weight is 371 g/mol. The second-order valence-corrected chi connectivity index (χ2v) is 10.6. The fourth-order valence-corrected chi connectivity index (χ4v) is 8.08. The molecule has 1 heterocycles. The number of cyclic esters (lactones) is 1. The molecule has 1 saturated heterocycles. The van der Waals surface area contributed by atoms with Gasteiger partial charge in [0, 0.05) is 11.5 Å². The molecular formula is C24H34O3. The van der Waals surface area contributed by atoms with E-state index in [1.165, 1.54) is 32.1 Å². The number of aliphatic hydroxyl groups is 1. The molecule has 4 fully saturated rings. The van der Waals surface area contributed by atoms with Crippen molar-refractivity contribution in [1.82, 2.24) is 0 Å². The van der Waals surface area contributed by atoms with Crippen LogP contribution >= 0.6 is 0 Å². The van der Waals surface area contributed by atoms with Gasteiger partial charge in [-0.3, -0.25) is 0 Å². The van der Waals surface area contributed by atoms with Gasteiger partial charge in [-0.2, -0.15) is 0 Å². The third-order valence-electron chi connectivity index (χ3n) is 9.70. The van der Waals surface area contributed by atoms with Crippen LogP contribution in [0.2, 0.25) is 0 Å². The Bertz CT molecular complexity index is 708. The van der Waals surface area contributed by atoms with Crippen LogP contribution < -0.4 is 0 Å². The van der Waals surface area contributed by atoms with E-state index in [1.807, 2.05) is 0 Å². The second-order valence-electron chi connectivity index (χ2n) is 10.6. The van der Waals surface area contributed by atoms with Crippen molar-refractivity contribution in [2.45, 2.75) is 71.3 Å². The maximum atomic E-state index is 11.9. The van der Waals surface area contributed by atoms with E-state index in [9.17, 15) is 9.90 Å². The molecule has 0 aromatic carbocycles. The van der Waals surface area contributed by atoms with Gasteiger partial charge in [0.05, 0.1) is 12.7 Å². The molecule has 3 nitrogen and oxygen atoms in total. The van der Waals surface area contributed by atoms with Crippen LogP contribution in [0.5, 0.6) is 0 Å². The molecule has 8 atom stereocenters. The predicted octanol–water partition coefficient (Wildman–Crippen LogP) is 4.66. The molecule has 27 heavy (non-hydrogen) atoms. The summed E-state index contributed by atoms with van der Waals surface area (Å²) in [6.45, 7) is 9.58. The lowest BCUT2D eigenvalue weighted by atomic mass is 9.45. The second kappa shape index (κ2) is 5.95. The maximum absolute atomic E-state index is 11.9. The van der Waals surface area contributed by atoms with Gasteiger partial charge in [-0.05, 0) is 85.9 Å². The highest BCUT2D eigenvalue weighted by Gasteiger charge is 2.59. The molecule has 148 valence electrons. The molecule has 0 aromatic heterocycles. The Morgan fingerprint density at radius 2 is 1.93 bits per heavy atom. The van der Waals surface area contributed by atoms with Gasteiger partial charge in [-0.25, -0.2) is 4.79 Å². The van der Waals surface area contributed by atoms with Gasteiger partial charge in [-0.1, -0.05) is 32.1 Å². The minimum atomic E-state index is -0.181. The van der Waals surface area contributed by atoms with Crippen molar-refractivity contribution >= 4 is 5.97 Å². The number of hydrogen-bond acceptors (Lipinski definition) is 3. The van der Waals surface area contributed by atoms with E-state index < -0.39 is 0 Å². The predicted molar refractivity (Wildman–Crippen MR) is 105 cm³/mol. The quantitative estimate of drug-likeness (QED) is 0.415. The van der Waals surface area contributed by atoms with Crippen molar-refractivity contribution in [3.8, 4) is 0 Å². The van der Waals surface area contributed by atoms with Crippen molar-refractivity contribution in [1.29, 1.82) is 0 Å². The van der Waals surface area contributed by atoms with E-state index in [4.69, 9.17) is 4.74 Å². The van der Waals surface area contributed by atoms with Crippen molar-refractivity contribution in [3.05, 3.63) is 23.8 Å². The first-order valence-electron chi connectivity index (χ1n) is 11.1. The van der Waals surface area contributed by atoms with E-state index in [1.54, 1.807) is 5.57 Å². The summed E-state index contributed by atoms with van der Waals surface area (Å²) in [6, 6.07) is 0. The van der Waals surface area contributed by atoms with Crippen LogP contribution in [-0.2, 0) is 9.53 Å². The Labute approximate surface area is 163 Å². The molecule has 0 spiro atoms. The van der Waals surface area contributed by atoms with Gasteiger partial charge in [0.25, 0.3) is 0 Å². The number of aliphatic hydroxyl groups excluding tert-OH is 1. The summed E-state index contributed by atoms with van der Waals surface area (Å²) in [5, 5.41) is 10.2. The zero-order valence-electron chi connectivity index (χ0n) is 16.9. The highest BCUT2D eigenvalue weighted by atomic mass is 16.5. The van der Waals surface area contributed by atoms with Crippen molar-refractivity contribution < 1.29 is 14.6 Å². The third kappa shape index (κ3) is 2.39. The summed E-state index contributed by atoms with van der Waals surface area (Å²) >= 11 is 0. The number of rotatable bonds is 1. The average Bonchev–Trinajstić information content (AvgIpc) is 3.15. The number of hydrogen-bond donors (Lipinski definition) is 1. The van der Waals surface area contributed by atoms with Crippen LogP contribution in [0, 0.1) is 40.4 Å². The Morgan fingerprint density at radius 3 is 2.67 bits per heavy atom. The molecule has 1 aliphatic heterocycles. The standard InChI is InChI=1S/C24H34O3/c1-14-18(13-27-22(14)26)20-7-6-19-17-5-4-15-12-16(25)8-10-23(15,2)21(17)9-11-24(19,20)3/h6,15-18,20-21,25H,1,4-5,7-13H2,2-3H3/t15-,16+,17+,18+,20-,21+,23+,24+/m1/s1. The minimum Gasteiger partial charge on any atom is -0.462 e. The van der Waals surface area contributed by atoms with Crippen LogP contribution in [0.25, 0.3) is 0 Å². The van der Waals surface area contributed by atoms with Crippen molar-refractivity contribution in [3.63, 3.8) is 0 Å². The first kappa shape index (κ1) is 18.0. The molecular weight excluding hydrogens is 336 g/mol. The molecule has 3 heteroatoms. The molecule has 5 aliphatic rings. The first-order valence-corrected chi connectivity index (χ1v) is 11.1. The normalized spacial score (nSPS) is 51.9. The molecule has 0 aromatic rings. The number of carbonyl (C=O) groups excluding carboxylic acids is 1. The Balaban J connectivity index is 1.42. The van der Waals surface area contributed by atoms with E-state index in [2.05, 4.69) is 26.5 Å². The van der Waals surface area contributed by atoms with Gasteiger partial charge < -0.3 is 9.84 Å². The summed E-state index contributed by atoms with van der Waals surface area (Å²) in [6.07, 6.45) is 11.8. The molecule has 0 radical (unpaired) electrons. The number of ether oxygens (including phenoxy) is 1. The summed E-state index contributed by atoms with van der Waals surface area (Å²) < 4.78 is 5.33. The molecule has 1 N–H and O–H groups in total. The smallest absolute Gasteiger partial charge is 0.333 e. The Kier molecular flexibility index (Phi) is 3.96. The SMILES string of the molecule is C=C1C(=O)OC[C@@H]1[C@H]1CC=C2[C@@H]3CC[C@@H]4C[C@@H](O)CC[C@]4(C)[C@H]3CC[C@@]21C. The summed E-state index contributed by atoms with van der Waals surface area (Å²) in [5.74, 6) is 2.67. The third-order valence-corrected chi connectivity index (χ3v) is 9.70. The Morgan fingerprint density at radius 1 is 1.11 bits per heavy atom. The van der Waals surface area contributed by atoms with E-state index in [0.717, 1.165) is 25.2 Å². The van der Waals surface area contributed by atoms with Gasteiger partial charge >= 0.3 is 5.97 Å². The summed E-state index contributed by atoms with van der Waals surface area (Å²) in [5.41, 5.74) is 3.01. The Hall–Kier alpha value is -1.09. The van der Waals surface area contributed by atoms with E-state index in [-0.39, 0.29) is 23.4 Å². The minimum absolute atomic E-state index is 0.0746. The molecule has 0 unspecified atom stereocenters. The van der Waals surface area contributed by atoms with Crippen LogP contribution in [0.4, 0.5) is 0 Å². The zero-order chi connectivity index (χ0) is 19.0. The van der Waals surface area contributed by atoms with Crippen LogP contribution in [0.1, 0.15) is 65.2 Å². The lowest BCUT2D eigenvalue weighted by molar-refractivity contribution is -0.135. The number of fused-ring (bicyclic) bond motifs is 5. The fraction of sp³-hybridized carbons (Fsp3) is 0.792. The highest BCUT2D eigenvalue weighted by Crippen LogP contribution is 2.67. The fourth-order valence-electron chi connectivity index (χ4n) is 8.08. The zero-order valence-corrected chi connectivity index (χ0v) is 16.9. The summed E-state index contributed by atoms with van der Waals surface area (Å²) in [7, 11) is 0. The maximum Gasteiger partial charge on any atom is 0.333 e. The van der Waals surface area contributed by atoms with Gasteiger partial charge in [0.15, 0.2) is 0 Å². The van der Waals surface area contributed by atoms with E-state index >= 15 is 0 Å². The van der Waals surface area contributed by atoms with E-state index in [0.29, 0.717) is 35.3 Å². The lowest BCUT2D eigenvalue weighted by Crippen LogP contribution is -2.52. The van der Waals surface area contributed by atoms with Gasteiger partial charge in [-0.15, -0.1) is 0 Å². The van der Waals surface area contributed by atoms with Crippen LogP contribution in [0.15, 0.2) is 23.8 Å². The monoisotopic (exact) mass is 370 g/mol. The highest BCUT2D eigenvalue weighted by molar-refractivity contribution is 5.90. The molecule has 4 aliphatic carbocycles. The van der Waals surface area contributed by atoms with Crippen molar-refractivity contribution in [2.75, 3.05) is 6.61 Å². The van der Waals surface area contributed by atoms with Gasteiger partial charge in [0.2, 0.25) is 0 Å². The van der Waals surface area contributed by atoms with Crippen molar-refractivity contribution in [2.24, 2.45) is 40.4 Å².